The first-order valence-electron chi connectivity index (χ1n) is 11.6. The number of fused-ring (bicyclic) bond motifs is 10. The zero-order valence-electron chi connectivity index (χ0n) is 18.2. The van der Waals surface area contributed by atoms with Gasteiger partial charge in [-0.15, -0.1) is 0 Å². The van der Waals surface area contributed by atoms with Gasteiger partial charge < -0.3 is 18.5 Å². The van der Waals surface area contributed by atoms with Crippen molar-refractivity contribution in [3.05, 3.63) is 24.3 Å². The normalized spacial score (nSPS) is 39.8. The summed E-state index contributed by atoms with van der Waals surface area (Å²) >= 11 is 6.11. The fourth-order valence-electron chi connectivity index (χ4n) is 5.93. The highest BCUT2D eigenvalue weighted by atomic mass is 35.7. The Bertz CT molecular complexity index is 854. The average Bonchev–Trinajstić information content (AvgIpc) is 3.65. The first kappa shape index (κ1) is 22.8. The summed E-state index contributed by atoms with van der Waals surface area (Å²) in [4.78, 5) is 53.0. The number of hydrogen-bond donors (Lipinski definition) is 0. The van der Waals surface area contributed by atoms with Crippen LogP contribution in [-0.2, 0) is 37.7 Å². The summed E-state index contributed by atoms with van der Waals surface area (Å²) < 4.78 is 22.2. The Morgan fingerprint density at radius 3 is 1.32 bits per heavy atom. The minimum Gasteiger partial charge on any atom is -0.365 e. The Hall–Kier alpha value is -1.68. The molecule has 4 bridgehead atoms. The van der Waals surface area contributed by atoms with Crippen molar-refractivity contribution in [1.82, 2.24) is 9.80 Å². The van der Waals surface area contributed by atoms with Crippen molar-refractivity contribution in [2.45, 2.75) is 37.3 Å². The van der Waals surface area contributed by atoms with Crippen LogP contribution in [0.5, 0.6) is 0 Å². The van der Waals surface area contributed by atoms with E-state index < -0.39 is 31.4 Å². The first-order chi connectivity index (χ1) is 16.5. The van der Waals surface area contributed by atoms with E-state index in [1.807, 2.05) is 24.3 Å². The van der Waals surface area contributed by atoms with Crippen LogP contribution in [0.15, 0.2) is 24.3 Å². The molecule has 6 heterocycles. The highest BCUT2D eigenvalue weighted by molar-refractivity contribution is 7.76. The molecule has 4 saturated heterocycles. The van der Waals surface area contributed by atoms with Gasteiger partial charge in [0, 0.05) is 13.1 Å². The van der Waals surface area contributed by atoms with Crippen molar-refractivity contribution in [1.29, 1.82) is 0 Å². The van der Waals surface area contributed by atoms with Crippen molar-refractivity contribution in [2.24, 2.45) is 23.7 Å². The molecule has 0 aromatic rings. The van der Waals surface area contributed by atoms with Gasteiger partial charge in [-0.25, -0.2) is 0 Å². The van der Waals surface area contributed by atoms with Crippen LogP contribution in [0.25, 0.3) is 0 Å². The highest BCUT2D eigenvalue weighted by Gasteiger charge is 2.61. The molecule has 4 fully saturated rings. The van der Waals surface area contributed by atoms with Gasteiger partial charge >= 0.3 is 0 Å². The van der Waals surface area contributed by atoms with Crippen LogP contribution in [0, 0.1) is 23.7 Å². The highest BCUT2D eigenvalue weighted by Crippen LogP contribution is 2.47. The largest absolute Gasteiger partial charge is 0.365 e. The molecule has 0 aliphatic carbocycles. The molecule has 12 heteroatoms. The zero-order valence-corrected chi connectivity index (χ0v) is 19.8. The summed E-state index contributed by atoms with van der Waals surface area (Å²) in [5.74, 6) is -2.31. The van der Waals surface area contributed by atoms with Gasteiger partial charge in [0.2, 0.25) is 23.6 Å². The van der Waals surface area contributed by atoms with Gasteiger partial charge in [0.05, 0.1) is 61.3 Å². The van der Waals surface area contributed by atoms with E-state index in [0.29, 0.717) is 12.8 Å². The number of imide groups is 2. The van der Waals surface area contributed by atoms with E-state index in [2.05, 4.69) is 0 Å². The molecule has 34 heavy (non-hydrogen) atoms. The SMILES string of the molecule is O=C1C2C3C=CC(O3)C2C(=O)N1CCCOP(Cl)OCCCN1C(=O)C2C3C=CC(O3)C2C1=O. The molecule has 6 aliphatic heterocycles. The van der Waals surface area contributed by atoms with Crippen molar-refractivity contribution < 1.29 is 37.7 Å². The van der Waals surface area contributed by atoms with Gasteiger partial charge in [-0.2, -0.15) is 0 Å². The Morgan fingerprint density at radius 1 is 0.676 bits per heavy atom. The van der Waals surface area contributed by atoms with Gasteiger partial charge in [0.25, 0.3) is 7.73 Å². The lowest BCUT2D eigenvalue weighted by Gasteiger charge is -2.18. The lowest BCUT2D eigenvalue weighted by atomic mass is 9.85. The number of carbonyl (C=O) groups is 4. The minimum atomic E-state index is -1.66. The molecule has 10 nitrogen and oxygen atoms in total. The van der Waals surface area contributed by atoms with Gasteiger partial charge in [-0.1, -0.05) is 24.3 Å². The lowest BCUT2D eigenvalue weighted by Crippen LogP contribution is -2.35. The summed E-state index contributed by atoms with van der Waals surface area (Å²) in [6, 6.07) is 0. The number of halogens is 1. The van der Waals surface area contributed by atoms with E-state index in [-0.39, 0.29) is 74.3 Å². The summed E-state index contributed by atoms with van der Waals surface area (Å²) in [6.07, 6.45) is 7.18. The lowest BCUT2D eigenvalue weighted by molar-refractivity contribution is -0.144. The number of ether oxygens (including phenoxy) is 2. The minimum absolute atomic E-state index is 0.179. The predicted octanol–water partition coefficient (Wildman–Crippen LogP) is 1.14. The number of rotatable bonds is 10. The van der Waals surface area contributed by atoms with E-state index >= 15 is 0 Å². The van der Waals surface area contributed by atoms with Crippen molar-refractivity contribution in [3.8, 4) is 0 Å². The summed E-state index contributed by atoms with van der Waals surface area (Å²) in [5, 5.41) is 0. The second kappa shape index (κ2) is 8.76. The van der Waals surface area contributed by atoms with E-state index in [1.54, 1.807) is 0 Å². The fourth-order valence-corrected chi connectivity index (χ4v) is 6.96. The van der Waals surface area contributed by atoms with Crippen LogP contribution in [-0.4, -0.2) is 84.1 Å². The number of likely N-dealkylation sites (tertiary alicyclic amines) is 2. The molecule has 0 aromatic carbocycles. The molecule has 0 saturated carbocycles. The van der Waals surface area contributed by atoms with E-state index in [9.17, 15) is 19.2 Å². The maximum Gasteiger partial charge on any atom is 0.276 e. The van der Waals surface area contributed by atoms with Crippen molar-refractivity contribution >= 4 is 42.6 Å². The molecule has 6 aliphatic rings. The Morgan fingerprint density at radius 2 is 1.00 bits per heavy atom. The average molecular weight is 511 g/mol. The summed E-state index contributed by atoms with van der Waals surface area (Å²) in [6.45, 7) is 1.02. The molecule has 8 unspecified atom stereocenters. The third kappa shape index (κ3) is 3.50. The van der Waals surface area contributed by atoms with Crippen LogP contribution in [0.1, 0.15) is 12.8 Å². The molecule has 0 spiro atoms. The zero-order chi connectivity index (χ0) is 23.6. The van der Waals surface area contributed by atoms with Gasteiger partial charge in [0.1, 0.15) is 0 Å². The number of nitrogens with zero attached hydrogens (tertiary/aromatic N) is 2. The van der Waals surface area contributed by atoms with Gasteiger partial charge in [0.15, 0.2) is 0 Å². The molecule has 6 rings (SSSR count). The van der Waals surface area contributed by atoms with E-state index in [4.69, 9.17) is 29.8 Å². The smallest absolute Gasteiger partial charge is 0.276 e. The second-order valence-electron chi connectivity index (χ2n) is 9.25. The molecule has 0 aromatic heterocycles. The van der Waals surface area contributed by atoms with Gasteiger partial charge in [-0.05, 0) is 24.1 Å². The quantitative estimate of drug-likeness (QED) is 0.186. The predicted molar refractivity (Wildman–Crippen MR) is 117 cm³/mol. The molecular weight excluding hydrogens is 487 g/mol. The third-order valence-corrected chi connectivity index (χ3v) is 8.80. The van der Waals surface area contributed by atoms with Gasteiger partial charge in [-0.3, -0.25) is 29.0 Å². The maximum atomic E-state index is 12.6. The second-order valence-corrected chi connectivity index (χ2v) is 11.0. The summed E-state index contributed by atoms with van der Waals surface area (Å²) in [7, 11) is -1.66. The maximum absolute atomic E-state index is 12.6. The first-order valence-corrected chi connectivity index (χ1v) is 13.6. The van der Waals surface area contributed by atoms with Crippen LogP contribution in [0.4, 0.5) is 0 Å². The Balaban J connectivity index is 0.878. The summed E-state index contributed by atoms with van der Waals surface area (Å²) in [5.41, 5.74) is 0. The van der Waals surface area contributed by atoms with Crippen LogP contribution in [0.2, 0.25) is 0 Å². The third-order valence-electron chi connectivity index (χ3n) is 7.44. The molecule has 0 N–H and O–H groups in total. The molecule has 4 amide bonds. The van der Waals surface area contributed by atoms with Crippen LogP contribution in [0.3, 0.4) is 0 Å². The number of carbonyl (C=O) groups excluding carboxylic acids is 4. The van der Waals surface area contributed by atoms with Crippen molar-refractivity contribution in [3.63, 3.8) is 0 Å². The fraction of sp³-hybridized carbons (Fsp3) is 0.636. The van der Waals surface area contributed by atoms with Crippen LogP contribution >= 0.6 is 19.0 Å². The Labute approximate surface area is 201 Å². The molecule has 0 radical (unpaired) electrons. The molecular formula is C22H24ClN2O8P. The monoisotopic (exact) mass is 510 g/mol. The van der Waals surface area contributed by atoms with Crippen LogP contribution < -0.4 is 0 Å². The number of hydrogen-bond acceptors (Lipinski definition) is 8. The van der Waals surface area contributed by atoms with E-state index in [0.717, 1.165) is 0 Å². The molecule has 8 atom stereocenters. The number of amides is 4. The molecule has 182 valence electrons. The van der Waals surface area contributed by atoms with E-state index in [1.165, 1.54) is 9.80 Å². The Kier molecular flexibility index (Phi) is 5.87. The topological polar surface area (TPSA) is 112 Å². The standard InChI is InChI=1S/C22H24ClN2O8P/c23-34(30-9-1-7-24-19(26)15-11-3-4-12(32-11)16(15)20(24)27)31-10-2-8-25-21(28)17-13-5-6-14(33-13)18(17)22(25)29/h3-6,11-18H,1-2,7-10H2. The van der Waals surface area contributed by atoms with Crippen molar-refractivity contribution in [2.75, 3.05) is 26.3 Å².